The summed E-state index contributed by atoms with van der Waals surface area (Å²) in [6.45, 7) is 3.94. The van der Waals surface area contributed by atoms with Crippen molar-refractivity contribution in [3.05, 3.63) is 77.5 Å². The predicted molar refractivity (Wildman–Crippen MR) is 113 cm³/mol. The van der Waals surface area contributed by atoms with Gasteiger partial charge in [0.05, 0.1) is 42.3 Å². The SMILES string of the molecule is CCOC(=O)c1ccc(-c2ccc(-c3ccc(C(=O)OCC)cc3)c(CO)n2)cc1. The van der Waals surface area contributed by atoms with Crippen molar-refractivity contribution in [1.29, 1.82) is 0 Å². The largest absolute Gasteiger partial charge is 0.462 e. The first-order valence-corrected chi connectivity index (χ1v) is 9.73. The molecule has 0 unspecified atom stereocenters. The number of hydrogen-bond acceptors (Lipinski definition) is 6. The van der Waals surface area contributed by atoms with Gasteiger partial charge in [-0.2, -0.15) is 0 Å². The van der Waals surface area contributed by atoms with Crippen molar-refractivity contribution in [2.75, 3.05) is 13.2 Å². The van der Waals surface area contributed by atoms with Crippen molar-refractivity contribution in [2.45, 2.75) is 20.5 Å². The van der Waals surface area contributed by atoms with Gasteiger partial charge in [0.2, 0.25) is 0 Å². The van der Waals surface area contributed by atoms with Crippen LogP contribution in [0.4, 0.5) is 0 Å². The lowest BCUT2D eigenvalue weighted by Crippen LogP contribution is -2.04. The van der Waals surface area contributed by atoms with Crippen LogP contribution in [0.3, 0.4) is 0 Å². The summed E-state index contributed by atoms with van der Waals surface area (Å²) in [6, 6.07) is 17.7. The topological polar surface area (TPSA) is 85.7 Å². The number of rotatable bonds is 7. The van der Waals surface area contributed by atoms with Crippen LogP contribution in [0.25, 0.3) is 22.4 Å². The number of aliphatic hydroxyl groups is 1. The molecule has 1 heterocycles. The molecule has 1 aromatic heterocycles. The Kier molecular flexibility index (Phi) is 6.93. The third kappa shape index (κ3) is 4.72. The highest BCUT2D eigenvalue weighted by atomic mass is 16.5. The third-order valence-corrected chi connectivity index (χ3v) is 4.52. The third-order valence-electron chi connectivity index (χ3n) is 4.52. The van der Waals surface area contributed by atoms with E-state index in [2.05, 4.69) is 4.98 Å². The zero-order valence-electron chi connectivity index (χ0n) is 16.9. The van der Waals surface area contributed by atoms with Crippen LogP contribution in [0.1, 0.15) is 40.3 Å². The van der Waals surface area contributed by atoms with E-state index in [0.717, 1.165) is 16.7 Å². The number of pyridine rings is 1. The maximum Gasteiger partial charge on any atom is 0.338 e. The maximum absolute atomic E-state index is 11.8. The molecule has 0 radical (unpaired) electrons. The van der Waals surface area contributed by atoms with Crippen LogP contribution in [0, 0.1) is 0 Å². The molecule has 0 amide bonds. The first-order valence-electron chi connectivity index (χ1n) is 9.73. The Morgan fingerprint density at radius 2 is 1.27 bits per heavy atom. The van der Waals surface area contributed by atoms with E-state index in [1.165, 1.54) is 0 Å². The molecule has 3 aromatic rings. The zero-order chi connectivity index (χ0) is 21.5. The van der Waals surface area contributed by atoms with Crippen molar-refractivity contribution in [1.82, 2.24) is 4.98 Å². The van der Waals surface area contributed by atoms with Crippen LogP contribution in [0.2, 0.25) is 0 Å². The molecule has 0 saturated carbocycles. The summed E-state index contributed by atoms with van der Waals surface area (Å²) in [5.74, 6) is -0.735. The van der Waals surface area contributed by atoms with Gasteiger partial charge in [0.1, 0.15) is 0 Å². The second-order valence-electron chi connectivity index (χ2n) is 6.44. The summed E-state index contributed by atoms with van der Waals surface area (Å²) in [6.07, 6.45) is 0. The Hall–Kier alpha value is -3.51. The lowest BCUT2D eigenvalue weighted by atomic mass is 10.0. The quantitative estimate of drug-likeness (QED) is 0.591. The minimum absolute atomic E-state index is 0.232. The van der Waals surface area contributed by atoms with E-state index in [1.807, 2.05) is 12.1 Å². The van der Waals surface area contributed by atoms with Crippen molar-refractivity contribution in [3.8, 4) is 22.4 Å². The maximum atomic E-state index is 11.8. The number of aromatic nitrogens is 1. The van der Waals surface area contributed by atoms with Gasteiger partial charge >= 0.3 is 11.9 Å². The van der Waals surface area contributed by atoms with Gasteiger partial charge in [-0.1, -0.05) is 30.3 Å². The van der Waals surface area contributed by atoms with Gasteiger partial charge in [0, 0.05) is 11.1 Å². The van der Waals surface area contributed by atoms with E-state index >= 15 is 0 Å². The number of carbonyl (C=O) groups excluding carboxylic acids is 2. The monoisotopic (exact) mass is 405 g/mol. The molecule has 154 valence electrons. The second-order valence-corrected chi connectivity index (χ2v) is 6.44. The molecule has 0 atom stereocenters. The van der Waals surface area contributed by atoms with Crippen molar-refractivity contribution in [3.63, 3.8) is 0 Å². The van der Waals surface area contributed by atoms with E-state index in [0.29, 0.717) is 35.7 Å². The number of nitrogens with zero attached hydrogens (tertiary/aromatic N) is 1. The van der Waals surface area contributed by atoms with Crippen molar-refractivity contribution in [2.24, 2.45) is 0 Å². The highest BCUT2D eigenvalue weighted by Crippen LogP contribution is 2.27. The molecule has 0 saturated heterocycles. The number of ether oxygens (including phenoxy) is 2. The van der Waals surface area contributed by atoms with E-state index in [1.54, 1.807) is 62.4 Å². The molecular weight excluding hydrogens is 382 g/mol. The molecule has 1 N–H and O–H groups in total. The van der Waals surface area contributed by atoms with Crippen LogP contribution in [0.5, 0.6) is 0 Å². The number of aliphatic hydroxyl groups excluding tert-OH is 1. The number of carbonyl (C=O) groups is 2. The van der Waals surface area contributed by atoms with Crippen molar-refractivity contribution < 1.29 is 24.2 Å². The fourth-order valence-corrected chi connectivity index (χ4v) is 3.04. The molecule has 3 rings (SSSR count). The number of esters is 2. The summed E-state index contributed by atoms with van der Waals surface area (Å²) in [5, 5.41) is 9.84. The summed E-state index contributed by atoms with van der Waals surface area (Å²) in [5.41, 5.74) is 4.58. The first-order chi connectivity index (χ1) is 14.6. The number of hydrogen-bond donors (Lipinski definition) is 1. The molecule has 6 nitrogen and oxygen atoms in total. The molecular formula is C24H23NO5. The fourth-order valence-electron chi connectivity index (χ4n) is 3.04. The Morgan fingerprint density at radius 3 is 1.73 bits per heavy atom. The summed E-state index contributed by atoms with van der Waals surface area (Å²) < 4.78 is 9.99. The average Bonchev–Trinajstić information content (AvgIpc) is 2.79. The van der Waals surface area contributed by atoms with Gasteiger partial charge in [-0.15, -0.1) is 0 Å². The zero-order valence-corrected chi connectivity index (χ0v) is 16.9. The van der Waals surface area contributed by atoms with Crippen molar-refractivity contribution >= 4 is 11.9 Å². The van der Waals surface area contributed by atoms with Gasteiger partial charge in [0.25, 0.3) is 0 Å². The summed E-state index contributed by atoms with van der Waals surface area (Å²) >= 11 is 0. The Labute approximate surface area is 175 Å². The Morgan fingerprint density at radius 1 is 0.767 bits per heavy atom. The van der Waals surface area contributed by atoms with Gasteiger partial charge in [0.15, 0.2) is 0 Å². The molecule has 0 spiro atoms. The summed E-state index contributed by atoms with van der Waals surface area (Å²) in [4.78, 5) is 28.2. The van der Waals surface area contributed by atoms with Crippen LogP contribution < -0.4 is 0 Å². The molecule has 0 aliphatic rings. The van der Waals surface area contributed by atoms with Crippen LogP contribution in [-0.4, -0.2) is 35.2 Å². The normalized spacial score (nSPS) is 10.5. The van der Waals surface area contributed by atoms with E-state index in [9.17, 15) is 14.7 Å². The number of benzene rings is 2. The second kappa shape index (κ2) is 9.80. The first kappa shape index (κ1) is 21.2. The van der Waals surface area contributed by atoms with E-state index in [-0.39, 0.29) is 18.5 Å². The van der Waals surface area contributed by atoms with Crippen LogP contribution in [0.15, 0.2) is 60.7 Å². The smallest absolute Gasteiger partial charge is 0.338 e. The standard InChI is InChI=1S/C24H23NO5/c1-3-29-23(27)18-9-5-16(6-10-18)20-13-14-21(25-22(20)15-26)17-7-11-19(12-8-17)24(28)30-4-2/h5-14,26H,3-4,15H2,1-2H3. The van der Waals surface area contributed by atoms with Gasteiger partial charge in [-0.25, -0.2) is 14.6 Å². The molecule has 30 heavy (non-hydrogen) atoms. The van der Waals surface area contributed by atoms with Gasteiger partial charge in [-0.3, -0.25) is 0 Å². The fraction of sp³-hybridized carbons (Fsp3) is 0.208. The molecule has 6 heteroatoms. The van der Waals surface area contributed by atoms with Crippen LogP contribution in [-0.2, 0) is 16.1 Å². The molecule has 0 bridgehead atoms. The Balaban J connectivity index is 1.86. The summed E-state index contributed by atoms with van der Waals surface area (Å²) in [7, 11) is 0. The van der Waals surface area contributed by atoms with Gasteiger partial charge < -0.3 is 14.6 Å². The molecule has 0 aliphatic heterocycles. The molecule has 0 fully saturated rings. The lowest BCUT2D eigenvalue weighted by molar-refractivity contribution is 0.0517. The Bertz CT molecular complexity index is 1030. The lowest BCUT2D eigenvalue weighted by Gasteiger charge is -2.11. The van der Waals surface area contributed by atoms with Crippen LogP contribution >= 0.6 is 0 Å². The minimum Gasteiger partial charge on any atom is -0.462 e. The highest BCUT2D eigenvalue weighted by Gasteiger charge is 2.12. The predicted octanol–water partition coefficient (Wildman–Crippen LogP) is 4.26. The van der Waals surface area contributed by atoms with E-state index in [4.69, 9.17) is 9.47 Å². The highest BCUT2D eigenvalue weighted by molar-refractivity contribution is 5.90. The average molecular weight is 405 g/mol. The molecule has 2 aromatic carbocycles. The van der Waals surface area contributed by atoms with E-state index < -0.39 is 0 Å². The minimum atomic E-state index is -0.369. The molecule has 0 aliphatic carbocycles. The van der Waals surface area contributed by atoms with Gasteiger partial charge in [-0.05, 0) is 49.7 Å².